The van der Waals surface area contributed by atoms with Gasteiger partial charge in [-0.2, -0.15) is 0 Å². The Morgan fingerprint density at radius 1 is 1.50 bits per heavy atom. The highest BCUT2D eigenvalue weighted by atomic mass is 16.5. The second kappa shape index (κ2) is 3.96. The van der Waals surface area contributed by atoms with Crippen LogP contribution in [0.3, 0.4) is 0 Å². The highest BCUT2D eigenvalue weighted by Crippen LogP contribution is 2.16. The SMILES string of the molecule is CCOC(=O)c1ccc2c(c1)nc(C)n2C. The average molecular weight is 218 g/mol. The van der Waals surface area contributed by atoms with Crippen LogP contribution in [0.2, 0.25) is 0 Å². The van der Waals surface area contributed by atoms with Gasteiger partial charge in [0, 0.05) is 7.05 Å². The lowest BCUT2D eigenvalue weighted by molar-refractivity contribution is 0.0526. The summed E-state index contributed by atoms with van der Waals surface area (Å²) >= 11 is 0. The van der Waals surface area contributed by atoms with Gasteiger partial charge in [0.15, 0.2) is 0 Å². The van der Waals surface area contributed by atoms with Crippen LogP contribution in [0, 0.1) is 6.92 Å². The van der Waals surface area contributed by atoms with Crippen molar-refractivity contribution < 1.29 is 9.53 Å². The molecule has 0 aliphatic heterocycles. The third-order valence-corrected chi connectivity index (χ3v) is 2.62. The minimum atomic E-state index is -0.298. The Bertz CT molecular complexity index is 543. The Labute approximate surface area is 93.9 Å². The maximum absolute atomic E-state index is 11.5. The molecule has 0 atom stereocenters. The molecule has 0 amide bonds. The van der Waals surface area contributed by atoms with Gasteiger partial charge in [-0.1, -0.05) is 0 Å². The molecule has 4 nitrogen and oxygen atoms in total. The summed E-state index contributed by atoms with van der Waals surface area (Å²) in [5.74, 6) is 0.628. The number of aryl methyl sites for hydroxylation is 2. The van der Waals surface area contributed by atoms with Gasteiger partial charge in [0.25, 0.3) is 0 Å². The van der Waals surface area contributed by atoms with E-state index in [4.69, 9.17) is 4.74 Å². The quantitative estimate of drug-likeness (QED) is 0.725. The molecule has 0 unspecified atom stereocenters. The van der Waals surface area contributed by atoms with Crippen molar-refractivity contribution in [2.24, 2.45) is 7.05 Å². The number of esters is 1. The highest BCUT2D eigenvalue weighted by Gasteiger charge is 2.10. The van der Waals surface area contributed by atoms with Gasteiger partial charge < -0.3 is 9.30 Å². The fourth-order valence-corrected chi connectivity index (χ4v) is 1.66. The Morgan fingerprint density at radius 2 is 2.25 bits per heavy atom. The lowest BCUT2D eigenvalue weighted by Gasteiger charge is -2.01. The first kappa shape index (κ1) is 10.7. The summed E-state index contributed by atoms with van der Waals surface area (Å²) in [6.07, 6.45) is 0. The zero-order valence-corrected chi connectivity index (χ0v) is 9.65. The first-order valence-corrected chi connectivity index (χ1v) is 5.23. The van der Waals surface area contributed by atoms with Crippen LogP contribution in [-0.4, -0.2) is 22.1 Å². The summed E-state index contributed by atoms with van der Waals surface area (Å²) in [5.41, 5.74) is 2.39. The molecule has 0 fully saturated rings. The molecule has 0 bridgehead atoms. The van der Waals surface area contributed by atoms with Crippen molar-refractivity contribution in [1.29, 1.82) is 0 Å². The Hall–Kier alpha value is -1.84. The number of hydrogen-bond donors (Lipinski definition) is 0. The van der Waals surface area contributed by atoms with E-state index in [1.165, 1.54) is 0 Å². The van der Waals surface area contributed by atoms with Crippen molar-refractivity contribution in [1.82, 2.24) is 9.55 Å². The molecule has 0 N–H and O–H groups in total. The molecular formula is C12H14N2O2. The molecule has 0 aliphatic rings. The Balaban J connectivity index is 2.48. The first-order chi connectivity index (χ1) is 7.63. The second-order valence-corrected chi connectivity index (χ2v) is 3.64. The van der Waals surface area contributed by atoms with Gasteiger partial charge in [0.05, 0.1) is 23.2 Å². The molecule has 2 aromatic rings. The molecule has 0 spiro atoms. The van der Waals surface area contributed by atoms with Crippen molar-refractivity contribution in [3.05, 3.63) is 29.6 Å². The number of nitrogens with zero attached hydrogens (tertiary/aromatic N) is 2. The van der Waals surface area contributed by atoms with Gasteiger partial charge in [-0.3, -0.25) is 0 Å². The molecule has 4 heteroatoms. The standard InChI is InChI=1S/C12H14N2O2/c1-4-16-12(15)9-5-6-11-10(7-9)13-8(2)14(11)3/h5-7H,4H2,1-3H3. The third kappa shape index (κ3) is 1.66. The van der Waals surface area contributed by atoms with E-state index in [2.05, 4.69) is 4.98 Å². The van der Waals surface area contributed by atoms with E-state index >= 15 is 0 Å². The van der Waals surface area contributed by atoms with E-state index in [1.807, 2.05) is 24.6 Å². The number of rotatable bonds is 2. The van der Waals surface area contributed by atoms with E-state index < -0.39 is 0 Å². The number of carbonyl (C=O) groups is 1. The highest BCUT2D eigenvalue weighted by molar-refractivity contribution is 5.93. The lowest BCUT2D eigenvalue weighted by Crippen LogP contribution is -2.04. The van der Waals surface area contributed by atoms with Crippen LogP contribution in [0.5, 0.6) is 0 Å². The van der Waals surface area contributed by atoms with E-state index in [1.54, 1.807) is 19.1 Å². The van der Waals surface area contributed by atoms with Crippen molar-refractivity contribution >= 4 is 17.0 Å². The topological polar surface area (TPSA) is 44.1 Å². The van der Waals surface area contributed by atoms with Gasteiger partial charge in [-0.05, 0) is 32.0 Å². The molecule has 1 aromatic carbocycles. The molecule has 0 saturated heterocycles. The predicted molar refractivity (Wildman–Crippen MR) is 61.4 cm³/mol. The predicted octanol–water partition coefficient (Wildman–Crippen LogP) is 2.06. The number of hydrogen-bond acceptors (Lipinski definition) is 3. The van der Waals surface area contributed by atoms with E-state index in [-0.39, 0.29) is 5.97 Å². The van der Waals surface area contributed by atoms with E-state index in [0.717, 1.165) is 16.9 Å². The molecule has 1 aromatic heterocycles. The van der Waals surface area contributed by atoms with Crippen molar-refractivity contribution in [3.63, 3.8) is 0 Å². The van der Waals surface area contributed by atoms with Gasteiger partial charge >= 0.3 is 5.97 Å². The third-order valence-electron chi connectivity index (χ3n) is 2.62. The molecule has 0 aliphatic carbocycles. The molecule has 2 rings (SSSR count). The minimum Gasteiger partial charge on any atom is -0.462 e. The lowest BCUT2D eigenvalue weighted by atomic mass is 10.2. The Morgan fingerprint density at radius 3 is 2.94 bits per heavy atom. The fraction of sp³-hybridized carbons (Fsp3) is 0.333. The second-order valence-electron chi connectivity index (χ2n) is 3.64. The monoisotopic (exact) mass is 218 g/mol. The van der Waals surface area contributed by atoms with Gasteiger partial charge in [0.2, 0.25) is 0 Å². The maximum atomic E-state index is 11.5. The normalized spacial score (nSPS) is 10.7. The summed E-state index contributed by atoms with van der Waals surface area (Å²) in [7, 11) is 1.95. The zero-order chi connectivity index (χ0) is 11.7. The minimum absolute atomic E-state index is 0.298. The number of benzene rings is 1. The fourth-order valence-electron chi connectivity index (χ4n) is 1.66. The number of ether oxygens (including phenoxy) is 1. The van der Waals surface area contributed by atoms with E-state index in [9.17, 15) is 4.79 Å². The molecule has 84 valence electrons. The Kier molecular flexibility index (Phi) is 2.64. The maximum Gasteiger partial charge on any atom is 0.338 e. The number of imidazole rings is 1. The largest absolute Gasteiger partial charge is 0.462 e. The average Bonchev–Trinajstić information content (AvgIpc) is 2.55. The summed E-state index contributed by atoms with van der Waals surface area (Å²) in [6.45, 7) is 4.11. The molecule has 0 radical (unpaired) electrons. The number of carbonyl (C=O) groups excluding carboxylic acids is 1. The van der Waals surface area contributed by atoms with Crippen molar-refractivity contribution in [2.75, 3.05) is 6.61 Å². The molecule has 16 heavy (non-hydrogen) atoms. The van der Waals surface area contributed by atoms with Crippen LogP contribution in [0.15, 0.2) is 18.2 Å². The summed E-state index contributed by atoms with van der Waals surface area (Å²) in [4.78, 5) is 15.9. The van der Waals surface area contributed by atoms with Crippen molar-refractivity contribution in [3.8, 4) is 0 Å². The first-order valence-electron chi connectivity index (χ1n) is 5.23. The van der Waals surface area contributed by atoms with Crippen LogP contribution in [0.1, 0.15) is 23.1 Å². The number of fused-ring (bicyclic) bond motifs is 1. The smallest absolute Gasteiger partial charge is 0.338 e. The molecule has 1 heterocycles. The summed E-state index contributed by atoms with van der Waals surface area (Å²) < 4.78 is 6.93. The molecular weight excluding hydrogens is 204 g/mol. The zero-order valence-electron chi connectivity index (χ0n) is 9.65. The van der Waals surface area contributed by atoms with Gasteiger partial charge in [0.1, 0.15) is 5.82 Å². The number of aromatic nitrogens is 2. The van der Waals surface area contributed by atoms with Crippen LogP contribution in [0.4, 0.5) is 0 Å². The van der Waals surface area contributed by atoms with Crippen LogP contribution >= 0.6 is 0 Å². The summed E-state index contributed by atoms with van der Waals surface area (Å²) in [5, 5.41) is 0. The molecule has 0 saturated carbocycles. The summed E-state index contributed by atoms with van der Waals surface area (Å²) in [6, 6.07) is 5.42. The van der Waals surface area contributed by atoms with Crippen molar-refractivity contribution in [2.45, 2.75) is 13.8 Å². The van der Waals surface area contributed by atoms with Crippen LogP contribution in [0.25, 0.3) is 11.0 Å². The van der Waals surface area contributed by atoms with Crippen LogP contribution in [-0.2, 0) is 11.8 Å². The van der Waals surface area contributed by atoms with Gasteiger partial charge in [-0.15, -0.1) is 0 Å². The van der Waals surface area contributed by atoms with Crippen LogP contribution < -0.4 is 0 Å². The van der Waals surface area contributed by atoms with Gasteiger partial charge in [-0.25, -0.2) is 9.78 Å². The van der Waals surface area contributed by atoms with E-state index in [0.29, 0.717) is 12.2 Å².